The molecule has 1 spiro atoms. The third kappa shape index (κ3) is 4.69. The molecule has 0 unspecified atom stereocenters. The first-order chi connectivity index (χ1) is 15.5. The minimum Gasteiger partial charge on any atom is -0.341 e. The maximum absolute atomic E-state index is 13.1. The van der Waals surface area contributed by atoms with E-state index in [-0.39, 0.29) is 28.9 Å². The van der Waals surface area contributed by atoms with Gasteiger partial charge in [0.1, 0.15) is 0 Å². The van der Waals surface area contributed by atoms with Crippen molar-refractivity contribution in [2.24, 2.45) is 5.41 Å². The summed E-state index contributed by atoms with van der Waals surface area (Å²) in [6.07, 6.45) is 3.92. The Bertz CT molecular complexity index is 1140. The number of hydrogen-bond acceptors (Lipinski definition) is 4. The van der Waals surface area contributed by atoms with E-state index in [1.54, 1.807) is 31.2 Å². The Morgan fingerprint density at radius 3 is 2.12 bits per heavy atom. The molecular weight excluding hydrogens is 436 g/mol. The van der Waals surface area contributed by atoms with Crippen LogP contribution in [0.5, 0.6) is 0 Å². The zero-order chi connectivity index (χ0) is 23.9. The molecule has 1 saturated carbocycles. The van der Waals surface area contributed by atoms with Gasteiger partial charge in [0.15, 0.2) is 9.84 Å². The van der Waals surface area contributed by atoms with E-state index in [9.17, 15) is 18.0 Å². The standard InChI is InChI=1S/C26H32N2O4S/c1-4-33(31,32)22-12-6-19(7-13-22)16-23(29)27-21-10-8-20(9-11-21)25(2,3)24(30)28-17-26(18-28)14-5-15-26/h6-13H,4-5,14-18H2,1-3H3,(H,27,29). The van der Waals surface area contributed by atoms with Crippen LogP contribution in [-0.2, 0) is 31.3 Å². The van der Waals surface area contributed by atoms with E-state index in [2.05, 4.69) is 5.32 Å². The van der Waals surface area contributed by atoms with E-state index in [1.807, 2.05) is 43.0 Å². The highest BCUT2D eigenvalue weighted by Crippen LogP contribution is 2.49. The molecule has 2 fully saturated rings. The van der Waals surface area contributed by atoms with Gasteiger partial charge in [-0.1, -0.05) is 37.6 Å². The number of amides is 2. The molecule has 33 heavy (non-hydrogen) atoms. The molecule has 1 aliphatic carbocycles. The molecule has 6 nitrogen and oxygen atoms in total. The Balaban J connectivity index is 1.34. The summed E-state index contributed by atoms with van der Waals surface area (Å²) in [7, 11) is -3.25. The monoisotopic (exact) mass is 468 g/mol. The van der Waals surface area contributed by atoms with Crippen molar-refractivity contribution in [3.63, 3.8) is 0 Å². The fourth-order valence-corrected chi connectivity index (χ4v) is 5.65. The first-order valence-corrected chi connectivity index (χ1v) is 13.2. The van der Waals surface area contributed by atoms with Crippen molar-refractivity contribution in [3.05, 3.63) is 59.7 Å². The third-order valence-corrected chi connectivity index (χ3v) is 8.96. The number of likely N-dealkylation sites (tertiary alicyclic amines) is 1. The molecule has 0 aromatic heterocycles. The maximum Gasteiger partial charge on any atom is 0.232 e. The van der Waals surface area contributed by atoms with Crippen LogP contribution in [0.3, 0.4) is 0 Å². The Morgan fingerprint density at radius 1 is 1.00 bits per heavy atom. The van der Waals surface area contributed by atoms with Crippen molar-refractivity contribution in [2.45, 2.75) is 56.8 Å². The number of carbonyl (C=O) groups excluding carboxylic acids is 2. The molecule has 2 aliphatic rings. The van der Waals surface area contributed by atoms with Gasteiger partial charge in [-0.2, -0.15) is 0 Å². The molecule has 2 aromatic rings. The summed E-state index contributed by atoms with van der Waals surface area (Å²) in [6.45, 7) is 7.28. The van der Waals surface area contributed by atoms with Gasteiger partial charge in [0, 0.05) is 24.2 Å². The molecule has 4 rings (SSSR count). The summed E-state index contributed by atoms with van der Waals surface area (Å²) in [4.78, 5) is 27.8. The molecular formula is C26H32N2O4S. The Labute approximate surface area is 196 Å². The van der Waals surface area contributed by atoms with Crippen LogP contribution in [0.15, 0.2) is 53.4 Å². The topological polar surface area (TPSA) is 83.5 Å². The zero-order valence-electron chi connectivity index (χ0n) is 19.6. The van der Waals surface area contributed by atoms with Gasteiger partial charge >= 0.3 is 0 Å². The number of rotatable bonds is 7. The lowest BCUT2D eigenvalue weighted by Crippen LogP contribution is -2.64. The molecule has 2 amide bonds. The largest absolute Gasteiger partial charge is 0.341 e. The molecule has 2 aromatic carbocycles. The van der Waals surface area contributed by atoms with Crippen molar-refractivity contribution in [2.75, 3.05) is 24.2 Å². The third-order valence-electron chi connectivity index (χ3n) is 7.21. The van der Waals surface area contributed by atoms with E-state index in [4.69, 9.17) is 0 Å². The van der Waals surface area contributed by atoms with Crippen molar-refractivity contribution in [3.8, 4) is 0 Å². The van der Waals surface area contributed by atoms with Crippen LogP contribution in [0.2, 0.25) is 0 Å². The minimum absolute atomic E-state index is 0.0457. The normalized spacial score (nSPS) is 17.2. The van der Waals surface area contributed by atoms with Crippen LogP contribution in [-0.4, -0.2) is 44.0 Å². The summed E-state index contributed by atoms with van der Waals surface area (Å²) in [5, 5.41) is 2.87. The van der Waals surface area contributed by atoms with Crippen LogP contribution in [0.1, 0.15) is 51.2 Å². The number of nitrogens with one attached hydrogen (secondary N) is 1. The second-order valence-electron chi connectivity index (χ2n) is 9.99. The van der Waals surface area contributed by atoms with Gasteiger partial charge < -0.3 is 10.2 Å². The lowest BCUT2D eigenvalue weighted by molar-refractivity contribution is -0.154. The Kier molecular flexibility index (Phi) is 6.12. The number of nitrogens with zero attached hydrogens (tertiary/aromatic N) is 1. The van der Waals surface area contributed by atoms with E-state index < -0.39 is 15.3 Å². The molecule has 1 N–H and O–H groups in total. The van der Waals surface area contributed by atoms with Crippen molar-refractivity contribution in [1.82, 2.24) is 4.90 Å². The predicted octanol–water partition coefficient (Wildman–Crippen LogP) is 3.95. The molecule has 7 heteroatoms. The second-order valence-corrected chi connectivity index (χ2v) is 12.3. The average molecular weight is 469 g/mol. The SMILES string of the molecule is CCS(=O)(=O)c1ccc(CC(=O)Nc2ccc(C(C)(C)C(=O)N3CC4(CCC4)C3)cc2)cc1. The van der Waals surface area contributed by atoms with Crippen LogP contribution >= 0.6 is 0 Å². The minimum atomic E-state index is -3.25. The number of benzene rings is 2. The van der Waals surface area contributed by atoms with Gasteiger partial charge in [-0.05, 0) is 62.1 Å². The highest BCUT2D eigenvalue weighted by atomic mass is 32.2. The fraction of sp³-hybridized carbons (Fsp3) is 0.462. The highest BCUT2D eigenvalue weighted by molar-refractivity contribution is 7.91. The summed E-state index contributed by atoms with van der Waals surface area (Å²) < 4.78 is 23.8. The summed E-state index contributed by atoms with van der Waals surface area (Å²) in [5.74, 6) is 0.0187. The quantitative estimate of drug-likeness (QED) is 0.667. The van der Waals surface area contributed by atoms with Crippen LogP contribution in [0.4, 0.5) is 5.69 Å². The molecule has 1 saturated heterocycles. The van der Waals surface area contributed by atoms with Crippen molar-refractivity contribution < 1.29 is 18.0 Å². The zero-order valence-corrected chi connectivity index (χ0v) is 20.4. The first kappa shape index (κ1) is 23.5. The molecule has 176 valence electrons. The van der Waals surface area contributed by atoms with Crippen molar-refractivity contribution in [1.29, 1.82) is 0 Å². The average Bonchev–Trinajstić information content (AvgIpc) is 2.72. The molecule has 1 heterocycles. The van der Waals surface area contributed by atoms with Crippen LogP contribution in [0, 0.1) is 5.41 Å². The Morgan fingerprint density at radius 2 is 1.61 bits per heavy atom. The van der Waals surface area contributed by atoms with Gasteiger partial charge in [0.2, 0.25) is 11.8 Å². The van der Waals surface area contributed by atoms with E-state index >= 15 is 0 Å². The van der Waals surface area contributed by atoms with Gasteiger partial charge in [-0.15, -0.1) is 0 Å². The summed E-state index contributed by atoms with van der Waals surface area (Å²) in [5.41, 5.74) is 2.12. The van der Waals surface area contributed by atoms with E-state index in [0.717, 1.165) is 24.2 Å². The smallest absolute Gasteiger partial charge is 0.232 e. The summed E-state index contributed by atoms with van der Waals surface area (Å²) >= 11 is 0. The van der Waals surface area contributed by atoms with Crippen LogP contribution in [0.25, 0.3) is 0 Å². The van der Waals surface area contributed by atoms with Gasteiger partial charge in [0.25, 0.3) is 0 Å². The number of sulfone groups is 1. The van der Waals surface area contributed by atoms with E-state index in [1.165, 1.54) is 19.3 Å². The van der Waals surface area contributed by atoms with Crippen LogP contribution < -0.4 is 5.32 Å². The lowest BCUT2D eigenvalue weighted by atomic mass is 9.63. The fourth-order valence-electron chi connectivity index (χ4n) is 4.76. The first-order valence-electron chi connectivity index (χ1n) is 11.6. The predicted molar refractivity (Wildman–Crippen MR) is 129 cm³/mol. The number of anilines is 1. The molecule has 0 atom stereocenters. The Hall–Kier alpha value is -2.67. The highest BCUT2D eigenvalue weighted by Gasteiger charge is 2.51. The van der Waals surface area contributed by atoms with Gasteiger partial charge in [-0.25, -0.2) is 8.42 Å². The van der Waals surface area contributed by atoms with E-state index in [0.29, 0.717) is 11.1 Å². The molecule has 0 radical (unpaired) electrons. The number of hydrogen-bond donors (Lipinski definition) is 1. The van der Waals surface area contributed by atoms with Crippen molar-refractivity contribution >= 4 is 27.3 Å². The second kappa shape index (κ2) is 8.60. The van der Waals surface area contributed by atoms with Gasteiger partial charge in [-0.3, -0.25) is 9.59 Å². The lowest BCUT2D eigenvalue weighted by Gasteiger charge is -2.57. The number of carbonyl (C=O) groups is 2. The maximum atomic E-state index is 13.1. The summed E-state index contributed by atoms with van der Waals surface area (Å²) in [6, 6.07) is 13.9. The molecule has 1 aliphatic heterocycles. The molecule has 0 bridgehead atoms. The van der Waals surface area contributed by atoms with Gasteiger partial charge in [0.05, 0.1) is 22.5 Å².